The standard InChI is InChI=1S/C14H24O7S/c1-6-7-17-11-10(8-18-22(15,16)9(2)3)19-13-12(11)20-14(4,5)21-13/h6-7,9-13H,8H2,1-5H3/b7-6-/t10-,11+,12-,13-/m1/s1. The zero-order valence-corrected chi connectivity index (χ0v) is 14.3. The van der Waals surface area contributed by atoms with Crippen LogP contribution >= 0.6 is 0 Å². The van der Waals surface area contributed by atoms with Crippen molar-refractivity contribution in [3.8, 4) is 0 Å². The Morgan fingerprint density at radius 3 is 2.55 bits per heavy atom. The molecule has 2 aliphatic heterocycles. The summed E-state index contributed by atoms with van der Waals surface area (Å²) in [4.78, 5) is 0. The number of allylic oxidation sites excluding steroid dienone is 1. The Balaban J connectivity index is 2.05. The molecular formula is C14H24O7S. The minimum absolute atomic E-state index is 0.136. The van der Waals surface area contributed by atoms with Crippen LogP contribution in [0.5, 0.6) is 0 Å². The molecule has 0 unspecified atom stereocenters. The molecule has 0 N–H and O–H groups in total. The van der Waals surface area contributed by atoms with E-state index in [0.29, 0.717) is 0 Å². The molecule has 22 heavy (non-hydrogen) atoms. The largest absolute Gasteiger partial charge is 0.493 e. The SMILES string of the molecule is C/C=C\O[C@@H]1[C@H]2OC(C)(C)O[C@H]2O[C@@H]1COS(=O)(=O)C(C)C. The van der Waals surface area contributed by atoms with Crippen LogP contribution in [-0.4, -0.2) is 50.7 Å². The molecule has 0 aromatic heterocycles. The van der Waals surface area contributed by atoms with Crippen LogP contribution in [-0.2, 0) is 33.2 Å². The van der Waals surface area contributed by atoms with Gasteiger partial charge < -0.3 is 18.9 Å². The predicted molar refractivity (Wildman–Crippen MR) is 78.4 cm³/mol. The molecule has 2 rings (SSSR count). The molecule has 4 atom stereocenters. The molecule has 0 saturated carbocycles. The van der Waals surface area contributed by atoms with Crippen LogP contribution in [0.3, 0.4) is 0 Å². The lowest BCUT2D eigenvalue weighted by Gasteiger charge is -2.25. The Kier molecular flexibility index (Phi) is 5.18. The molecule has 2 saturated heterocycles. The van der Waals surface area contributed by atoms with Crippen LogP contribution < -0.4 is 0 Å². The van der Waals surface area contributed by atoms with E-state index in [-0.39, 0.29) is 6.61 Å². The van der Waals surface area contributed by atoms with Gasteiger partial charge in [-0.25, -0.2) is 0 Å². The maximum atomic E-state index is 11.8. The highest BCUT2D eigenvalue weighted by Crippen LogP contribution is 2.39. The predicted octanol–water partition coefficient (Wildman–Crippen LogP) is 1.54. The van der Waals surface area contributed by atoms with Crippen molar-refractivity contribution >= 4 is 10.1 Å². The second kappa shape index (κ2) is 6.45. The first-order valence-electron chi connectivity index (χ1n) is 7.32. The Morgan fingerprint density at radius 1 is 1.27 bits per heavy atom. The summed E-state index contributed by atoms with van der Waals surface area (Å²) in [5, 5.41) is -0.616. The summed E-state index contributed by atoms with van der Waals surface area (Å²) in [6, 6.07) is 0. The second-order valence-corrected chi connectivity index (χ2v) is 8.20. The highest BCUT2D eigenvalue weighted by molar-refractivity contribution is 7.87. The van der Waals surface area contributed by atoms with Crippen molar-refractivity contribution in [2.45, 2.75) is 70.3 Å². The summed E-state index contributed by atoms with van der Waals surface area (Å²) in [5.74, 6) is -0.761. The van der Waals surface area contributed by atoms with Crippen LogP contribution in [0.1, 0.15) is 34.6 Å². The van der Waals surface area contributed by atoms with Crippen LogP contribution in [0.4, 0.5) is 0 Å². The maximum absolute atomic E-state index is 11.8. The van der Waals surface area contributed by atoms with Crippen molar-refractivity contribution in [1.29, 1.82) is 0 Å². The van der Waals surface area contributed by atoms with Crippen LogP contribution in [0.15, 0.2) is 12.3 Å². The van der Waals surface area contributed by atoms with Crippen molar-refractivity contribution in [3.63, 3.8) is 0 Å². The molecule has 0 amide bonds. The third-order valence-electron chi connectivity index (χ3n) is 3.43. The van der Waals surface area contributed by atoms with Gasteiger partial charge in [0.2, 0.25) is 0 Å². The maximum Gasteiger partial charge on any atom is 0.269 e. The number of hydrogen-bond donors (Lipinski definition) is 0. The average molecular weight is 336 g/mol. The summed E-state index contributed by atoms with van der Waals surface area (Å²) in [6.45, 7) is 8.37. The zero-order chi connectivity index (χ0) is 16.5. The van der Waals surface area contributed by atoms with Gasteiger partial charge in [-0.05, 0) is 34.6 Å². The first-order valence-corrected chi connectivity index (χ1v) is 8.79. The monoisotopic (exact) mass is 336 g/mol. The van der Waals surface area contributed by atoms with E-state index in [9.17, 15) is 8.42 Å². The van der Waals surface area contributed by atoms with E-state index in [0.717, 1.165) is 0 Å². The molecule has 0 spiro atoms. The molecular weight excluding hydrogens is 312 g/mol. The normalized spacial score (nSPS) is 34.5. The lowest BCUT2D eigenvalue weighted by Crippen LogP contribution is -2.38. The van der Waals surface area contributed by atoms with Crippen LogP contribution in [0.25, 0.3) is 0 Å². The molecule has 8 heteroatoms. The molecule has 2 aliphatic rings. The third-order valence-corrected chi connectivity index (χ3v) is 5.05. The molecule has 0 aromatic carbocycles. The van der Waals surface area contributed by atoms with Crippen molar-refractivity contribution < 1.29 is 31.5 Å². The Hall–Kier alpha value is -0.670. The number of fused-ring (bicyclic) bond motifs is 1. The first-order chi connectivity index (χ1) is 10.2. The topological polar surface area (TPSA) is 80.3 Å². The smallest absolute Gasteiger partial charge is 0.269 e. The van der Waals surface area contributed by atoms with E-state index >= 15 is 0 Å². The molecule has 7 nitrogen and oxygen atoms in total. The summed E-state index contributed by atoms with van der Waals surface area (Å²) < 4.78 is 51.3. The summed E-state index contributed by atoms with van der Waals surface area (Å²) >= 11 is 0. The summed E-state index contributed by atoms with van der Waals surface area (Å²) in [6.07, 6.45) is 1.15. The van der Waals surface area contributed by atoms with Crippen molar-refractivity contribution in [2.24, 2.45) is 0 Å². The van der Waals surface area contributed by atoms with Gasteiger partial charge in [0.1, 0.15) is 6.10 Å². The van der Waals surface area contributed by atoms with E-state index in [2.05, 4.69) is 0 Å². The average Bonchev–Trinajstić information content (AvgIpc) is 2.85. The fourth-order valence-corrected chi connectivity index (χ4v) is 2.91. The highest BCUT2D eigenvalue weighted by Gasteiger charge is 2.56. The van der Waals surface area contributed by atoms with Gasteiger partial charge >= 0.3 is 0 Å². The Morgan fingerprint density at radius 2 is 1.95 bits per heavy atom. The number of rotatable bonds is 6. The second-order valence-electron chi connectivity index (χ2n) is 6.04. The van der Waals surface area contributed by atoms with E-state index < -0.39 is 45.8 Å². The molecule has 2 heterocycles. The lowest BCUT2D eigenvalue weighted by molar-refractivity contribution is -0.217. The van der Waals surface area contributed by atoms with Crippen LogP contribution in [0, 0.1) is 0 Å². The molecule has 2 fully saturated rings. The summed E-state index contributed by atoms with van der Waals surface area (Å²) in [5.41, 5.74) is 0. The van der Waals surface area contributed by atoms with Gasteiger partial charge in [0, 0.05) is 0 Å². The van der Waals surface area contributed by atoms with Crippen molar-refractivity contribution in [3.05, 3.63) is 12.3 Å². The third kappa shape index (κ3) is 3.80. The van der Waals surface area contributed by atoms with E-state index in [1.807, 2.05) is 6.92 Å². The Bertz CT molecular complexity index is 511. The van der Waals surface area contributed by atoms with Gasteiger partial charge in [-0.1, -0.05) is 6.08 Å². The van der Waals surface area contributed by atoms with Gasteiger partial charge in [0.15, 0.2) is 24.3 Å². The zero-order valence-electron chi connectivity index (χ0n) is 13.5. The fourth-order valence-electron chi connectivity index (χ4n) is 2.31. The van der Waals surface area contributed by atoms with Crippen molar-refractivity contribution in [1.82, 2.24) is 0 Å². The minimum atomic E-state index is -3.61. The number of ether oxygens (including phenoxy) is 4. The summed E-state index contributed by atoms with van der Waals surface area (Å²) in [7, 11) is -3.61. The van der Waals surface area contributed by atoms with E-state index in [4.69, 9.17) is 23.1 Å². The van der Waals surface area contributed by atoms with Gasteiger partial charge in [-0.2, -0.15) is 8.42 Å². The highest BCUT2D eigenvalue weighted by atomic mass is 32.2. The number of hydrogen-bond acceptors (Lipinski definition) is 7. The van der Waals surface area contributed by atoms with Gasteiger partial charge in [0.25, 0.3) is 10.1 Å². The van der Waals surface area contributed by atoms with Gasteiger partial charge in [-0.15, -0.1) is 0 Å². The van der Waals surface area contributed by atoms with Crippen LogP contribution in [0.2, 0.25) is 0 Å². The minimum Gasteiger partial charge on any atom is -0.493 e. The molecule has 128 valence electrons. The van der Waals surface area contributed by atoms with Gasteiger partial charge in [-0.3, -0.25) is 4.18 Å². The van der Waals surface area contributed by atoms with Gasteiger partial charge in [0.05, 0.1) is 18.1 Å². The quantitative estimate of drug-likeness (QED) is 0.537. The van der Waals surface area contributed by atoms with E-state index in [1.54, 1.807) is 33.8 Å². The molecule has 0 aliphatic carbocycles. The fraction of sp³-hybridized carbons (Fsp3) is 0.857. The van der Waals surface area contributed by atoms with Crippen molar-refractivity contribution in [2.75, 3.05) is 6.61 Å². The van der Waals surface area contributed by atoms with E-state index in [1.165, 1.54) is 6.26 Å². The Labute approximate surface area is 131 Å². The molecule has 0 aromatic rings. The lowest BCUT2D eigenvalue weighted by atomic mass is 10.1. The first kappa shape index (κ1) is 17.7. The molecule has 0 radical (unpaired) electrons. The molecule has 0 bridgehead atoms.